The highest BCUT2D eigenvalue weighted by molar-refractivity contribution is 5.34. The van der Waals surface area contributed by atoms with E-state index < -0.39 is 11.0 Å². The molecule has 2 aliphatic carbocycles. The van der Waals surface area contributed by atoms with E-state index in [0.29, 0.717) is 19.8 Å². The van der Waals surface area contributed by atoms with Crippen molar-refractivity contribution in [2.45, 2.75) is 61.5 Å². The Morgan fingerprint density at radius 3 is 2.17 bits per heavy atom. The van der Waals surface area contributed by atoms with Gasteiger partial charge in [0.1, 0.15) is 11.4 Å². The number of hydrogen-bond acceptors (Lipinski definition) is 4. The molecule has 1 aliphatic heterocycles. The van der Waals surface area contributed by atoms with Crippen LogP contribution in [0.2, 0.25) is 0 Å². The second-order valence-corrected chi connectivity index (χ2v) is 10.8. The van der Waals surface area contributed by atoms with E-state index in [1.165, 1.54) is 18.4 Å². The van der Waals surface area contributed by atoms with E-state index in [1.807, 2.05) is 24.4 Å². The molecule has 5 nitrogen and oxygen atoms in total. The average Bonchev–Trinajstić information content (AvgIpc) is 3.59. The first-order chi connectivity index (χ1) is 17.2. The number of imidazole rings is 1. The summed E-state index contributed by atoms with van der Waals surface area (Å²) < 4.78 is 15.1. The Balaban J connectivity index is 1.31. The molecule has 0 unspecified atom stereocenters. The van der Waals surface area contributed by atoms with Crippen LogP contribution in [0.15, 0.2) is 73.1 Å². The predicted octanol–water partition coefficient (Wildman–Crippen LogP) is 5.51. The van der Waals surface area contributed by atoms with Crippen molar-refractivity contribution in [1.82, 2.24) is 9.55 Å². The van der Waals surface area contributed by atoms with Crippen molar-refractivity contribution < 1.29 is 9.47 Å². The van der Waals surface area contributed by atoms with Gasteiger partial charge < -0.3 is 14.0 Å². The van der Waals surface area contributed by atoms with Crippen molar-refractivity contribution in [2.75, 3.05) is 19.8 Å². The number of ether oxygens (including phenoxy) is 2. The summed E-state index contributed by atoms with van der Waals surface area (Å²) in [5, 5.41) is 10.3. The Morgan fingerprint density at radius 2 is 1.60 bits per heavy atom. The van der Waals surface area contributed by atoms with Crippen molar-refractivity contribution in [3.8, 4) is 6.07 Å². The fourth-order valence-electron chi connectivity index (χ4n) is 5.92. The van der Waals surface area contributed by atoms with E-state index in [2.05, 4.69) is 59.3 Å². The zero-order chi connectivity index (χ0) is 23.8. The molecule has 1 aromatic heterocycles. The van der Waals surface area contributed by atoms with Gasteiger partial charge in [0.25, 0.3) is 0 Å². The van der Waals surface area contributed by atoms with Crippen molar-refractivity contribution in [3.63, 3.8) is 0 Å². The Kier molecular flexibility index (Phi) is 5.75. The minimum absolute atomic E-state index is 0.120. The summed E-state index contributed by atoms with van der Waals surface area (Å²) in [5.41, 5.74) is 1.30. The van der Waals surface area contributed by atoms with Gasteiger partial charge in [0.05, 0.1) is 36.7 Å². The van der Waals surface area contributed by atoms with Gasteiger partial charge in [0, 0.05) is 18.9 Å². The molecular formula is C30H33N3O2. The molecule has 0 N–H and O–H groups in total. The van der Waals surface area contributed by atoms with Crippen LogP contribution < -0.4 is 0 Å². The van der Waals surface area contributed by atoms with E-state index in [0.717, 1.165) is 49.5 Å². The van der Waals surface area contributed by atoms with Gasteiger partial charge in [0.2, 0.25) is 0 Å². The molecule has 0 spiro atoms. The first kappa shape index (κ1) is 22.5. The lowest BCUT2D eigenvalue weighted by atomic mass is 9.65. The maximum absolute atomic E-state index is 10.3. The minimum atomic E-state index is -0.495. The summed E-state index contributed by atoms with van der Waals surface area (Å²) in [5.74, 6) is 1.79. The average molecular weight is 468 g/mol. The van der Waals surface area contributed by atoms with E-state index in [1.54, 1.807) is 0 Å². The Bertz CT molecular complexity index is 1180. The van der Waals surface area contributed by atoms with Gasteiger partial charge >= 0.3 is 0 Å². The van der Waals surface area contributed by atoms with Crippen LogP contribution in [0.5, 0.6) is 0 Å². The fourth-order valence-corrected chi connectivity index (χ4v) is 5.92. The Morgan fingerprint density at radius 1 is 0.943 bits per heavy atom. The second kappa shape index (κ2) is 8.93. The predicted molar refractivity (Wildman–Crippen MR) is 134 cm³/mol. The molecule has 2 saturated carbocycles. The van der Waals surface area contributed by atoms with Gasteiger partial charge in [-0.25, -0.2) is 4.98 Å². The lowest BCUT2D eigenvalue weighted by molar-refractivity contribution is -0.160. The molecule has 0 atom stereocenters. The standard InChI is InChI=1S/C30H33N3O2/c31-20-28(25-7-3-1-4-8-25)13-15-30(16-14-28,27-32-17-18-33(27)19-24-11-12-24)35-23-29(21-34-22-29)26-9-5-2-6-10-26/h1-10,17-18,24H,11-16,19,21-23H2. The molecular weight excluding hydrogens is 434 g/mol. The number of nitrogens with zero attached hydrogens (tertiary/aromatic N) is 3. The number of benzene rings is 2. The van der Waals surface area contributed by atoms with Crippen LogP contribution in [0.3, 0.4) is 0 Å². The van der Waals surface area contributed by atoms with Crippen molar-refractivity contribution in [1.29, 1.82) is 5.26 Å². The fraction of sp³-hybridized carbons (Fsp3) is 0.467. The first-order valence-electron chi connectivity index (χ1n) is 12.9. The van der Waals surface area contributed by atoms with Gasteiger partial charge in [-0.3, -0.25) is 0 Å². The summed E-state index contributed by atoms with van der Waals surface area (Å²) in [6.45, 7) is 2.96. The topological polar surface area (TPSA) is 60.1 Å². The van der Waals surface area contributed by atoms with E-state index in [9.17, 15) is 5.26 Å². The van der Waals surface area contributed by atoms with Gasteiger partial charge in [-0.05, 0) is 55.6 Å². The third-order valence-electron chi connectivity index (χ3n) is 8.49. The Labute approximate surface area is 207 Å². The summed E-state index contributed by atoms with van der Waals surface area (Å²) in [7, 11) is 0. The zero-order valence-electron chi connectivity index (χ0n) is 20.2. The molecule has 0 bridgehead atoms. The SMILES string of the molecule is N#CC1(c2ccccc2)CCC(OCC2(c3ccccc3)COC2)(c2nccn2CC2CC2)CC1. The van der Waals surface area contributed by atoms with Crippen LogP contribution in [0, 0.1) is 17.2 Å². The molecule has 2 heterocycles. The molecule has 3 fully saturated rings. The molecule has 3 aromatic rings. The molecule has 180 valence electrons. The van der Waals surface area contributed by atoms with Crippen LogP contribution >= 0.6 is 0 Å². The molecule has 6 rings (SSSR count). The van der Waals surface area contributed by atoms with E-state index >= 15 is 0 Å². The largest absolute Gasteiger partial charge is 0.379 e. The quantitative estimate of drug-likeness (QED) is 0.438. The van der Waals surface area contributed by atoms with Gasteiger partial charge in [-0.15, -0.1) is 0 Å². The highest BCUT2D eigenvalue weighted by Crippen LogP contribution is 2.50. The van der Waals surface area contributed by atoms with Crippen LogP contribution in [0.1, 0.15) is 55.5 Å². The zero-order valence-corrected chi connectivity index (χ0v) is 20.2. The van der Waals surface area contributed by atoms with Crippen molar-refractivity contribution >= 4 is 0 Å². The van der Waals surface area contributed by atoms with Gasteiger partial charge in [-0.1, -0.05) is 60.7 Å². The Hall–Kier alpha value is -2.94. The van der Waals surface area contributed by atoms with Crippen LogP contribution in [-0.4, -0.2) is 29.4 Å². The summed E-state index contributed by atoms with van der Waals surface area (Å²) in [6, 6.07) is 23.6. The summed E-state index contributed by atoms with van der Waals surface area (Å²) >= 11 is 0. The highest BCUT2D eigenvalue weighted by Gasteiger charge is 2.50. The monoisotopic (exact) mass is 467 g/mol. The summed E-state index contributed by atoms with van der Waals surface area (Å²) in [6.07, 6.45) is 9.72. The normalized spacial score (nSPS) is 27.6. The molecule has 0 radical (unpaired) electrons. The molecule has 0 amide bonds. The third kappa shape index (κ3) is 4.09. The van der Waals surface area contributed by atoms with Gasteiger partial charge in [-0.2, -0.15) is 5.26 Å². The third-order valence-corrected chi connectivity index (χ3v) is 8.49. The van der Waals surface area contributed by atoms with E-state index in [-0.39, 0.29) is 5.41 Å². The molecule has 2 aromatic carbocycles. The smallest absolute Gasteiger partial charge is 0.141 e. The number of aromatic nitrogens is 2. The number of hydrogen-bond donors (Lipinski definition) is 0. The number of rotatable bonds is 8. The molecule has 5 heteroatoms. The van der Waals surface area contributed by atoms with Crippen LogP contribution in [0.25, 0.3) is 0 Å². The maximum Gasteiger partial charge on any atom is 0.141 e. The molecule has 3 aliphatic rings. The van der Waals surface area contributed by atoms with Gasteiger partial charge in [0.15, 0.2) is 0 Å². The van der Waals surface area contributed by atoms with Crippen LogP contribution in [-0.2, 0) is 32.4 Å². The minimum Gasteiger partial charge on any atom is -0.379 e. The van der Waals surface area contributed by atoms with Crippen LogP contribution in [0.4, 0.5) is 0 Å². The van der Waals surface area contributed by atoms with Crippen molar-refractivity contribution in [3.05, 3.63) is 90.0 Å². The lowest BCUT2D eigenvalue weighted by Gasteiger charge is -2.47. The summed E-state index contributed by atoms with van der Waals surface area (Å²) in [4.78, 5) is 4.88. The maximum atomic E-state index is 10.3. The molecule has 1 saturated heterocycles. The van der Waals surface area contributed by atoms with E-state index in [4.69, 9.17) is 14.5 Å². The highest BCUT2D eigenvalue weighted by atomic mass is 16.5. The number of nitriles is 1. The van der Waals surface area contributed by atoms with Crippen molar-refractivity contribution in [2.24, 2.45) is 5.92 Å². The molecule has 35 heavy (non-hydrogen) atoms. The lowest BCUT2D eigenvalue weighted by Crippen LogP contribution is -2.53. The second-order valence-electron chi connectivity index (χ2n) is 10.8. The first-order valence-corrected chi connectivity index (χ1v) is 12.9.